The van der Waals surface area contributed by atoms with E-state index in [0.29, 0.717) is 16.4 Å². The SMILES string of the molecule is N#Cc1ccnc(Nc2cccc3cccnc23)c1Cl. The molecule has 5 heteroatoms. The van der Waals surface area contributed by atoms with Crippen LogP contribution in [0.5, 0.6) is 0 Å². The number of rotatable bonds is 2. The summed E-state index contributed by atoms with van der Waals surface area (Å²) in [5.74, 6) is 0.448. The average molecular weight is 281 g/mol. The van der Waals surface area contributed by atoms with E-state index in [-0.39, 0.29) is 0 Å². The Balaban J connectivity index is 2.09. The standard InChI is InChI=1S/C15H9ClN4/c16-13-11(9-17)6-8-19-15(13)20-12-5-1-3-10-4-2-7-18-14(10)12/h1-8H,(H,19,20). The van der Waals surface area contributed by atoms with Crippen LogP contribution in [0.25, 0.3) is 10.9 Å². The average Bonchev–Trinajstić information content (AvgIpc) is 2.50. The molecule has 0 aliphatic carbocycles. The summed E-state index contributed by atoms with van der Waals surface area (Å²) in [4.78, 5) is 8.52. The maximum atomic E-state index is 8.98. The number of para-hydroxylation sites is 1. The Hall–Kier alpha value is -2.64. The minimum Gasteiger partial charge on any atom is -0.337 e. The number of nitrogens with one attached hydrogen (secondary N) is 1. The summed E-state index contributed by atoms with van der Waals surface area (Å²) in [7, 11) is 0. The monoisotopic (exact) mass is 280 g/mol. The molecule has 0 atom stereocenters. The summed E-state index contributed by atoms with van der Waals surface area (Å²) in [5, 5.41) is 13.4. The van der Waals surface area contributed by atoms with Gasteiger partial charge in [0, 0.05) is 17.8 Å². The molecule has 0 amide bonds. The van der Waals surface area contributed by atoms with E-state index in [1.807, 2.05) is 36.4 Å². The molecule has 0 aliphatic heterocycles. The summed E-state index contributed by atoms with van der Waals surface area (Å²) < 4.78 is 0. The summed E-state index contributed by atoms with van der Waals surface area (Å²) in [6.07, 6.45) is 3.28. The molecule has 3 aromatic rings. The van der Waals surface area contributed by atoms with Gasteiger partial charge in [0.25, 0.3) is 0 Å². The molecule has 3 rings (SSSR count). The molecular formula is C15H9ClN4. The number of fused-ring (bicyclic) bond motifs is 1. The van der Waals surface area contributed by atoms with Gasteiger partial charge in [0.15, 0.2) is 5.82 Å². The molecule has 2 heterocycles. The van der Waals surface area contributed by atoms with Gasteiger partial charge < -0.3 is 5.32 Å². The third-order valence-corrected chi connectivity index (χ3v) is 3.28. The van der Waals surface area contributed by atoms with E-state index in [0.717, 1.165) is 16.6 Å². The minimum atomic E-state index is 0.308. The lowest BCUT2D eigenvalue weighted by molar-refractivity contribution is 1.29. The highest BCUT2D eigenvalue weighted by Gasteiger charge is 2.09. The van der Waals surface area contributed by atoms with E-state index < -0.39 is 0 Å². The smallest absolute Gasteiger partial charge is 0.150 e. The lowest BCUT2D eigenvalue weighted by atomic mass is 10.2. The topological polar surface area (TPSA) is 61.6 Å². The maximum Gasteiger partial charge on any atom is 0.150 e. The first-order valence-corrected chi connectivity index (χ1v) is 6.33. The van der Waals surface area contributed by atoms with E-state index >= 15 is 0 Å². The molecule has 0 spiro atoms. The van der Waals surface area contributed by atoms with Crippen molar-refractivity contribution in [1.29, 1.82) is 5.26 Å². The number of halogens is 1. The van der Waals surface area contributed by atoms with Gasteiger partial charge in [-0.25, -0.2) is 4.98 Å². The van der Waals surface area contributed by atoms with E-state index in [1.54, 1.807) is 18.5 Å². The Morgan fingerprint density at radius 1 is 1.05 bits per heavy atom. The number of hydrogen-bond donors (Lipinski definition) is 1. The second-order valence-electron chi connectivity index (χ2n) is 4.14. The zero-order chi connectivity index (χ0) is 13.9. The van der Waals surface area contributed by atoms with Gasteiger partial charge in [-0.05, 0) is 18.2 Å². The third-order valence-electron chi connectivity index (χ3n) is 2.90. The van der Waals surface area contributed by atoms with Gasteiger partial charge in [-0.15, -0.1) is 0 Å². The van der Waals surface area contributed by atoms with Gasteiger partial charge in [0.1, 0.15) is 11.1 Å². The van der Waals surface area contributed by atoms with Gasteiger partial charge in [-0.1, -0.05) is 29.8 Å². The Kier molecular flexibility index (Phi) is 3.20. The van der Waals surface area contributed by atoms with Gasteiger partial charge in [-0.2, -0.15) is 5.26 Å². The van der Waals surface area contributed by atoms with Crippen molar-refractivity contribution in [3.05, 3.63) is 59.4 Å². The fourth-order valence-electron chi connectivity index (χ4n) is 1.95. The largest absolute Gasteiger partial charge is 0.337 e. The van der Waals surface area contributed by atoms with E-state index in [9.17, 15) is 0 Å². The zero-order valence-electron chi connectivity index (χ0n) is 10.3. The first kappa shape index (κ1) is 12.4. The van der Waals surface area contributed by atoms with Crippen molar-refractivity contribution in [3.8, 4) is 6.07 Å². The molecule has 20 heavy (non-hydrogen) atoms. The van der Waals surface area contributed by atoms with Crippen LogP contribution in [0.4, 0.5) is 11.5 Å². The molecular weight excluding hydrogens is 272 g/mol. The number of aromatic nitrogens is 2. The molecule has 0 radical (unpaired) electrons. The van der Waals surface area contributed by atoms with Crippen LogP contribution in [0.2, 0.25) is 5.02 Å². The molecule has 0 saturated heterocycles. The van der Waals surface area contributed by atoms with Crippen molar-refractivity contribution >= 4 is 34.0 Å². The molecule has 4 nitrogen and oxygen atoms in total. The second kappa shape index (κ2) is 5.16. The second-order valence-corrected chi connectivity index (χ2v) is 4.52. The number of benzene rings is 1. The molecule has 0 aliphatic rings. The highest BCUT2D eigenvalue weighted by molar-refractivity contribution is 6.34. The van der Waals surface area contributed by atoms with Crippen LogP contribution in [-0.4, -0.2) is 9.97 Å². The Bertz CT molecular complexity index is 818. The van der Waals surface area contributed by atoms with Gasteiger partial charge in [0.2, 0.25) is 0 Å². The molecule has 0 fully saturated rings. The molecule has 96 valence electrons. The van der Waals surface area contributed by atoms with Gasteiger partial charge in [0.05, 0.1) is 16.8 Å². The summed E-state index contributed by atoms with van der Waals surface area (Å²) in [6, 6.07) is 13.3. The molecule has 1 N–H and O–H groups in total. The maximum absolute atomic E-state index is 8.98. The molecule has 0 saturated carbocycles. The van der Waals surface area contributed by atoms with Crippen molar-refractivity contribution in [2.24, 2.45) is 0 Å². The van der Waals surface area contributed by atoms with Crippen molar-refractivity contribution in [2.45, 2.75) is 0 Å². The van der Waals surface area contributed by atoms with Crippen LogP contribution < -0.4 is 5.32 Å². The summed E-state index contributed by atoms with van der Waals surface area (Å²) in [5.41, 5.74) is 2.01. The van der Waals surface area contributed by atoms with Crippen LogP contribution in [0.15, 0.2) is 48.8 Å². The van der Waals surface area contributed by atoms with E-state index in [2.05, 4.69) is 15.3 Å². The van der Waals surface area contributed by atoms with Crippen LogP contribution in [-0.2, 0) is 0 Å². The highest BCUT2D eigenvalue weighted by atomic mass is 35.5. The normalized spacial score (nSPS) is 10.2. The fraction of sp³-hybridized carbons (Fsp3) is 0. The van der Waals surface area contributed by atoms with Crippen molar-refractivity contribution < 1.29 is 0 Å². The van der Waals surface area contributed by atoms with Crippen molar-refractivity contribution in [1.82, 2.24) is 9.97 Å². The number of nitrogens with zero attached hydrogens (tertiary/aromatic N) is 3. The predicted octanol–water partition coefficient (Wildman–Crippen LogP) is 3.90. The van der Waals surface area contributed by atoms with E-state index in [4.69, 9.17) is 16.9 Å². The highest BCUT2D eigenvalue weighted by Crippen LogP contribution is 2.29. The van der Waals surface area contributed by atoms with Crippen LogP contribution in [0, 0.1) is 11.3 Å². The molecule has 0 bridgehead atoms. The molecule has 2 aromatic heterocycles. The molecule has 1 aromatic carbocycles. The lowest BCUT2D eigenvalue weighted by Gasteiger charge is -2.10. The van der Waals surface area contributed by atoms with Crippen LogP contribution in [0.1, 0.15) is 5.56 Å². The van der Waals surface area contributed by atoms with Crippen molar-refractivity contribution in [2.75, 3.05) is 5.32 Å². The summed E-state index contributed by atoms with van der Waals surface area (Å²) in [6.45, 7) is 0. The number of nitriles is 1. The summed E-state index contributed by atoms with van der Waals surface area (Å²) >= 11 is 6.14. The van der Waals surface area contributed by atoms with Crippen molar-refractivity contribution in [3.63, 3.8) is 0 Å². The first-order valence-electron chi connectivity index (χ1n) is 5.95. The fourth-order valence-corrected chi connectivity index (χ4v) is 2.15. The molecule has 0 unspecified atom stereocenters. The number of pyridine rings is 2. The van der Waals surface area contributed by atoms with E-state index in [1.165, 1.54) is 0 Å². The lowest BCUT2D eigenvalue weighted by Crippen LogP contribution is -1.97. The number of anilines is 2. The zero-order valence-corrected chi connectivity index (χ0v) is 11.1. The number of hydrogen-bond acceptors (Lipinski definition) is 4. The minimum absolute atomic E-state index is 0.308. The predicted molar refractivity (Wildman–Crippen MR) is 79.0 cm³/mol. The Labute approximate surface area is 120 Å². The third kappa shape index (κ3) is 2.15. The Morgan fingerprint density at radius 2 is 1.90 bits per heavy atom. The Morgan fingerprint density at radius 3 is 2.75 bits per heavy atom. The quantitative estimate of drug-likeness (QED) is 0.773. The van der Waals surface area contributed by atoms with Gasteiger partial charge in [-0.3, -0.25) is 4.98 Å². The van der Waals surface area contributed by atoms with Crippen LogP contribution in [0.3, 0.4) is 0 Å². The first-order chi connectivity index (χ1) is 9.79. The van der Waals surface area contributed by atoms with Gasteiger partial charge >= 0.3 is 0 Å². The van der Waals surface area contributed by atoms with Crippen LogP contribution >= 0.6 is 11.6 Å².